The van der Waals surface area contributed by atoms with Crippen molar-refractivity contribution < 1.29 is 27.5 Å². The highest BCUT2D eigenvalue weighted by Gasteiger charge is 2.31. The molecule has 0 spiro atoms. The highest BCUT2D eigenvalue weighted by molar-refractivity contribution is 7.17. The number of rotatable bonds is 5. The summed E-state index contributed by atoms with van der Waals surface area (Å²) in [4.78, 5) is 33.4. The number of halogens is 3. The number of pyridine rings is 1. The summed E-state index contributed by atoms with van der Waals surface area (Å²) in [6.07, 6.45) is -4.16. The second-order valence-electron chi connectivity index (χ2n) is 6.26. The van der Waals surface area contributed by atoms with Gasteiger partial charge in [-0.2, -0.15) is 13.2 Å². The summed E-state index contributed by atoms with van der Waals surface area (Å²) in [5.74, 6) is -1.51. The Morgan fingerprint density at radius 1 is 1.17 bits per heavy atom. The molecule has 6 nitrogen and oxygen atoms in total. The first-order valence-corrected chi connectivity index (χ1v) is 9.54. The minimum absolute atomic E-state index is 0.0517. The van der Waals surface area contributed by atoms with Crippen molar-refractivity contribution in [2.75, 3.05) is 5.32 Å². The van der Waals surface area contributed by atoms with Gasteiger partial charge in [0.1, 0.15) is 9.88 Å². The number of aryl methyl sites for hydroxylation is 1. The number of carbonyl (C=O) groups is 2. The molecule has 3 rings (SSSR count). The van der Waals surface area contributed by atoms with Crippen LogP contribution in [0.5, 0.6) is 0 Å². The molecule has 1 unspecified atom stereocenters. The van der Waals surface area contributed by atoms with Crippen molar-refractivity contribution in [3.8, 4) is 10.7 Å². The van der Waals surface area contributed by atoms with Crippen molar-refractivity contribution in [3.05, 3.63) is 64.8 Å². The summed E-state index contributed by atoms with van der Waals surface area (Å²) in [6.45, 7) is 2.96. The van der Waals surface area contributed by atoms with Crippen LogP contribution in [-0.4, -0.2) is 27.9 Å². The van der Waals surface area contributed by atoms with Gasteiger partial charge in [0.25, 0.3) is 5.91 Å². The van der Waals surface area contributed by atoms with E-state index in [0.717, 1.165) is 23.5 Å². The zero-order chi connectivity index (χ0) is 21.9. The Morgan fingerprint density at radius 3 is 2.60 bits per heavy atom. The lowest BCUT2D eigenvalue weighted by atomic mass is 10.2. The smallest absolute Gasteiger partial charge is 0.416 e. The molecule has 0 aliphatic heterocycles. The third-order valence-electron chi connectivity index (χ3n) is 3.98. The Morgan fingerprint density at radius 2 is 1.93 bits per heavy atom. The van der Waals surface area contributed by atoms with E-state index in [1.54, 1.807) is 31.3 Å². The fraction of sp³-hybridized carbons (Fsp3) is 0.200. The zero-order valence-corrected chi connectivity index (χ0v) is 16.7. The van der Waals surface area contributed by atoms with Crippen LogP contribution in [0, 0.1) is 6.92 Å². The fourth-order valence-corrected chi connectivity index (χ4v) is 3.40. The molecule has 0 saturated heterocycles. The van der Waals surface area contributed by atoms with Crippen molar-refractivity contribution >= 4 is 28.9 Å². The van der Waals surface area contributed by atoms with Crippen LogP contribution in [0.2, 0.25) is 0 Å². The van der Waals surface area contributed by atoms with Gasteiger partial charge in [0.15, 0.2) is 6.10 Å². The van der Waals surface area contributed by atoms with Crippen LogP contribution in [0.25, 0.3) is 10.7 Å². The predicted octanol–water partition coefficient (Wildman–Crippen LogP) is 4.72. The topological polar surface area (TPSA) is 81.2 Å². The van der Waals surface area contributed by atoms with Gasteiger partial charge in [-0.05, 0) is 44.2 Å². The molecule has 3 aromatic rings. The average molecular weight is 435 g/mol. The summed E-state index contributed by atoms with van der Waals surface area (Å²) < 4.78 is 43.6. The summed E-state index contributed by atoms with van der Waals surface area (Å²) in [7, 11) is 0. The standard InChI is InChI=1S/C20H16F3N3O3S/c1-11-16(30-18(25-11)15-8-3-4-9-24-15)19(28)29-12(2)17(27)26-14-7-5-6-13(10-14)20(21,22)23/h3-10,12H,1-2H3,(H,26,27). The lowest BCUT2D eigenvalue weighted by Crippen LogP contribution is -2.30. The Bertz CT molecular complexity index is 1070. The third-order valence-corrected chi connectivity index (χ3v) is 5.14. The van der Waals surface area contributed by atoms with Crippen LogP contribution in [0.3, 0.4) is 0 Å². The highest BCUT2D eigenvalue weighted by atomic mass is 32.1. The maximum Gasteiger partial charge on any atom is 0.416 e. The van der Waals surface area contributed by atoms with Gasteiger partial charge in [0, 0.05) is 11.9 Å². The Balaban J connectivity index is 1.67. The molecular formula is C20H16F3N3O3S. The molecule has 1 atom stereocenters. The summed E-state index contributed by atoms with van der Waals surface area (Å²) in [5.41, 5.74) is 0.0764. The van der Waals surface area contributed by atoms with E-state index in [1.165, 1.54) is 19.1 Å². The summed E-state index contributed by atoms with van der Waals surface area (Å²) >= 11 is 1.08. The van der Waals surface area contributed by atoms with Crippen molar-refractivity contribution in [1.29, 1.82) is 0 Å². The van der Waals surface area contributed by atoms with Gasteiger partial charge in [-0.1, -0.05) is 12.1 Å². The maximum atomic E-state index is 12.8. The maximum absolute atomic E-state index is 12.8. The quantitative estimate of drug-likeness (QED) is 0.587. The molecule has 0 saturated carbocycles. The highest BCUT2D eigenvalue weighted by Crippen LogP contribution is 2.31. The van der Waals surface area contributed by atoms with Crippen LogP contribution >= 0.6 is 11.3 Å². The van der Waals surface area contributed by atoms with Crippen LogP contribution in [0.4, 0.5) is 18.9 Å². The number of nitrogens with zero attached hydrogens (tertiary/aromatic N) is 2. The first kappa shape index (κ1) is 21.4. The SMILES string of the molecule is Cc1nc(-c2ccccn2)sc1C(=O)OC(C)C(=O)Nc1cccc(C(F)(F)F)c1. The second-order valence-corrected chi connectivity index (χ2v) is 7.26. The molecule has 10 heteroatoms. The van der Waals surface area contributed by atoms with E-state index in [4.69, 9.17) is 4.74 Å². The molecule has 2 aromatic heterocycles. The first-order chi connectivity index (χ1) is 14.1. The van der Waals surface area contributed by atoms with E-state index in [1.807, 2.05) is 0 Å². The van der Waals surface area contributed by atoms with E-state index < -0.39 is 29.7 Å². The predicted molar refractivity (Wildman–Crippen MR) is 105 cm³/mol. The minimum Gasteiger partial charge on any atom is -0.448 e. The van der Waals surface area contributed by atoms with Gasteiger partial charge in [0.05, 0.1) is 17.0 Å². The Hall–Kier alpha value is -3.27. The number of benzene rings is 1. The van der Waals surface area contributed by atoms with E-state index in [-0.39, 0.29) is 10.6 Å². The van der Waals surface area contributed by atoms with Gasteiger partial charge in [-0.15, -0.1) is 11.3 Å². The van der Waals surface area contributed by atoms with Gasteiger partial charge in [-0.25, -0.2) is 9.78 Å². The normalized spacial score (nSPS) is 12.3. The largest absolute Gasteiger partial charge is 0.448 e. The van der Waals surface area contributed by atoms with Crippen molar-refractivity contribution in [2.45, 2.75) is 26.1 Å². The van der Waals surface area contributed by atoms with Crippen molar-refractivity contribution in [1.82, 2.24) is 9.97 Å². The number of amides is 1. The molecule has 30 heavy (non-hydrogen) atoms. The van der Waals surface area contributed by atoms with Crippen molar-refractivity contribution in [3.63, 3.8) is 0 Å². The molecule has 1 N–H and O–H groups in total. The van der Waals surface area contributed by atoms with Gasteiger partial charge in [0.2, 0.25) is 0 Å². The summed E-state index contributed by atoms with van der Waals surface area (Å²) in [6, 6.07) is 9.48. The monoisotopic (exact) mass is 435 g/mol. The number of alkyl halides is 3. The van der Waals surface area contributed by atoms with Gasteiger partial charge in [-0.3, -0.25) is 9.78 Å². The molecule has 1 amide bonds. The van der Waals surface area contributed by atoms with E-state index in [0.29, 0.717) is 16.4 Å². The molecule has 0 fully saturated rings. The Kier molecular flexibility index (Phi) is 6.16. The molecule has 1 aromatic carbocycles. The number of thiazole rings is 1. The van der Waals surface area contributed by atoms with Crippen LogP contribution in [0.1, 0.15) is 27.9 Å². The van der Waals surface area contributed by atoms with Gasteiger partial charge < -0.3 is 10.1 Å². The van der Waals surface area contributed by atoms with E-state index in [2.05, 4.69) is 15.3 Å². The number of hydrogen-bond donors (Lipinski definition) is 1. The molecule has 0 bridgehead atoms. The Labute approximate surface area is 173 Å². The zero-order valence-electron chi connectivity index (χ0n) is 15.9. The van der Waals surface area contributed by atoms with E-state index in [9.17, 15) is 22.8 Å². The van der Waals surface area contributed by atoms with Crippen molar-refractivity contribution in [2.24, 2.45) is 0 Å². The number of ether oxygens (including phenoxy) is 1. The lowest BCUT2D eigenvalue weighted by Gasteiger charge is -2.14. The van der Waals surface area contributed by atoms with Crippen LogP contribution in [-0.2, 0) is 15.7 Å². The number of carbonyl (C=O) groups excluding carboxylic acids is 2. The van der Waals surface area contributed by atoms with Crippen LogP contribution < -0.4 is 5.32 Å². The minimum atomic E-state index is -4.53. The molecule has 2 heterocycles. The van der Waals surface area contributed by atoms with Crippen LogP contribution in [0.15, 0.2) is 48.7 Å². The number of hydrogen-bond acceptors (Lipinski definition) is 6. The number of anilines is 1. The lowest BCUT2D eigenvalue weighted by molar-refractivity contribution is -0.137. The molecule has 0 aliphatic rings. The molecule has 156 valence electrons. The average Bonchev–Trinajstić information content (AvgIpc) is 3.10. The second kappa shape index (κ2) is 8.62. The molecule has 0 radical (unpaired) electrons. The molecule has 0 aliphatic carbocycles. The van der Waals surface area contributed by atoms with Gasteiger partial charge >= 0.3 is 12.1 Å². The number of aromatic nitrogens is 2. The molecular weight excluding hydrogens is 419 g/mol. The third kappa shape index (κ3) is 5.01. The summed E-state index contributed by atoms with van der Waals surface area (Å²) in [5, 5.41) is 2.85. The number of esters is 1. The van der Waals surface area contributed by atoms with E-state index >= 15 is 0 Å². The number of nitrogens with one attached hydrogen (secondary N) is 1. The first-order valence-electron chi connectivity index (χ1n) is 8.73. The fourth-order valence-electron chi connectivity index (χ4n) is 2.47.